The Hall–Kier alpha value is -0.850. The van der Waals surface area contributed by atoms with Gasteiger partial charge in [-0.2, -0.15) is 0 Å². The van der Waals surface area contributed by atoms with Crippen LogP contribution in [0.1, 0.15) is 17.2 Å². The minimum absolute atomic E-state index is 0.198. The topological polar surface area (TPSA) is 59.2 Å². The van der Waals surface area contributed by atoms with Crippen LogP contribution in [0.15, 0.2) is 27.2 Å². The molecule has 0 aliphatic carbocycles. The normalized spacial score (nSPS) is 10.8. The van der Waals surface area contributed by atoms with Crippen molar-refractivity contribution in [2.75, 3.05) is 12.4 Å². The van der Waals surface area contributed by atoms with E-state index in [-0.39, 0.29) is 6.61 Å². The molecule has 2 heterocycles. The van der Waals surface area contributed by atoms with Crippen LogP contribution >= 0.6 is 23.1 Å². The van der Waals surface area contributed by atoms with Gasteiger partial charge in [0.05, 0.1) is 6.42 Å². The second kappa shape index (κ2) is 6.03. The van der Waals surface area contributed by atoms with Gasteiger partial charge in [-0.25, -0.2) is 0 Å². The molecule has 0 unspecified atom stereocenters. The maximum atomic E-state index is 8.64. The first-order valence-electron chi connectivity index (χ1n) is 4.97. The zero-order valence-corrected chi connectivity index (χ0v) is 10.3. The fourth-order valence-corrected chi connectivity index (χ4v) is 2.55. The quantitative estimate of drug-likeness (QED) is 0.634. The summed E-state index contributed by atoms with van der Waals surface area (Å²) in [5, 5.41) is 19.2. The van der Waals surface area contributed by atoms with Gasteiger partial charge in [-0.3, -0.25) is 0 Å². The molecule has 0 amide bonds. The van der Waals surface area contributed by atoms with Crippen LogP contribution in [0.25, 0.3) is 0 Å². The van der Waals surface area contributed by atoms with Crippen LogP contribution in [0.2, 0.25) is 0 Å². The van der Waals surface area contributed by atoms with Crippen molar-refractivity contribution in [1.29, 1.82) is 0 Å². The Morgan fingerprint density at radius 1 is 1.44 bits per heavy atom. The van der Waals surface area contributed by atoms with Gasteiger partial charge in [-0.1, -0.05) is 17.8 Å². The van der Waals surface area contributed by atoms with E-state index in [0.29, 0.717) is 17.5 Å². The Balaban J connectivity index is 1.87. The molecular formula is C10H12N2O2S2. The van der Waals surface area contributed by atoms with E-state index in [1.54, 1.807) is 11.3 Å². The van der Waals surface area contributed by atoms with E-state index in [1.165, 1.54) is 16.6 Å². The molecule has 4 nitrogen and oxygen atoms in total. The van der Waals surface area contributed by atoms with E-state index in [1.807, 2.05) is 17.5 Å². The number of hydrogen-bond donors (Lipinski definition) is 1. The van der Waals surface area contributed by atoms with Gasteiger partial charge in [0.2, 0.25) is 5.89 Å². The van der Waals surface area contributed by atoms with Crippen LogP contribution in [0.5, 0.6) is 0 Å². The third-order valence-corrected chi connectivity index (χ3v) is 3.66. The smallest absolute Gasteiger partial charge is 0.276 e. The highest BCUT2D eigenvalue weighted by molar-refractivity contribution is 7.99. The third-order valence-electron chi connectivity index (χ3n) is 1.88. The van der Waals surface area contributed by atoms with Gasteiger partial charge in [0.15, 0.2) is 0 Å². The van der Waals surface area contributed by atoms with Crippen molar-refractivity contribution in [3.8, 4) is 0 Å². The number of thioether (sulfide) groups is 1. The van der Waals surface area contributed by atoms with E-state index in [9.17, 15) is 0 Å². The lowest BCUT2D eigenvalue weighted by Crippen LogP contribution is -1.85. The summed E-state index contributed by atoms with van der Waals surface area (Å²) in [6.45, 7) is 0.198. The van der Waals surface area contributed by atoms with Crippen LogP contribution < -0.4 is 0 Å². The summed E-state index contributed by atoms with van der Waals surface area (Å²) in [6.07, 6.45) is 1.44. The number of hydrogen-bond acceptors (Lipinski definition) is 6. The first-order valence-corrected chi connectivity index (χ1v) is 6.83. The van der Waals surface area contributed by atoms with Crippen molar-refractivity contribution in [2.45, 2.75) is 18.1 Å². The van der Waals surface area contributed by atoms with E-state index >= 15 is 0 Å². The first-order chi connectivity index (χ1) is 7.88. The van der Waals surface area contributed by atoms with E-state index in [4.69, 9.17) is 9.52 Å². The molecule has 2 aromatic heterocycles. The summed E-state index contributed by atoms with van der Waals surface area (Å²) in [7, 11) is 0. The predicted octanol–water partition coefficient (Wildman–Crippen LogP) is 2.20. The molecule has 1 N–H and O–H groups in total. The van der Waals surface area contributed by atoms with Gasteiger partial charge in [0.25, 0.3) is 5.22 Å². The molecule has 2 rings (SSSR count). The molecule has 0 aliphatic heterocycles. The zero-order valence-electron chi connectivity index (χ0n) is 8.63. The molecular weight excluding hydrogens is 244 g/mol. The lowest BCUT2D eigenvalue weighted by atomic mass is 10.3. The molecule has 16 heavy (non-hydrogen) atoms. The molecule has 0 aromatic carbocycles. The van der Waals surface area contributed by atoms with Gasteiger partial charge in [-0.15, -0.1) is 21.5 Å². The Morgan fingerprint density at radius 3 is 3.12 bits per heavy atom. The molecule has 86 valence electrons. The highest BCUT2D eigenvalue weighted by Gasteiger charge is 2.07. The Morgan fingerprint density at radius 2 is 2.38 bits per heavy atom. The average Bonchev–Trinajstić information content (AvgIpc) is 2.91. The lowest BCUT2D eigenvalue weighted by Gasteiger charge is -1.92. The molecule has 0 saturated carbocycles. The van der Waals surface area contributed by atoms with Crippen molar-refractivity contribution in [1.82, 2.24) is 10.2 Å². The fraction of sp³-hybridized carbons (Fsp3) is 0.400. The number of rotatable bonds is 6. The average molecular weight is 256 g/mol. The van der Waals surface area contributed by atoms with E-state index in [0.717, 1.165) is 12.2 Å². The maximum absolute atomic E-state index is 8.64. The number of aliphatic hydroxyl groups is 1. The standard InChI is InChI=1S/C10H12N2O2S2/c13-4-2-6-16-10-12-11-9(14-10)7-8-3-1-5-15-8/h1,3,5,13H,2,4,6-7H2. The van der Waals surface area contributed by atoms with Crippen molar-refractivity contribution in [2.24, 2.45) is 0 Å². The summed E-state index contributed by atoms with van der Waals surface area (Å²) in [6, 6.07) is 4.06. The number of nitrogens with zero attached hydrogens (tertiary/aromatic N) is 2. The van der Waals surface area contributed by atoms with Crippen LogP contribution in [0, 0.1) is 0 Å². The SMILES string of the molecule is OCCCSc1nnc(Cc2cccs2)o1. The molecule has 0 fully saturated rings. The minimum atomic E-state index is 0.198. The lowest BCUT2D eigenvalue weighted by molar-refractivity contribution is 0.296. The summed E-state index contributed by atoms with van der Waals surface area (Å²) >= 11 is 3.16. The Labute approximate surface area is 102 Å². The monoisotopic (exact) mass is 256 g/mol. The fourth-order valence-electron chi connectivity index (χ4n) is 1.15. The van der Waals surface area contributed by atoms with E-state index in [2.05, 4.69) is 10.2 Å². The number of thiophene rings is 1. The van der Waals surface area contributed by atoms with Crippen LogP contribution in [0.4, 0.5) is 0 Å². The van der Waals surface area contributed by atoms with Crippen LogP contribution in [-0.2, 0) is 6.42 Å². The third kappa shape index (κ3) is 3.33. The minimum Gasteiger partial charge on any atom is -0.416 e. The molecule has 0 atom stereocenters. The van der Waals surface area contributed by atoms with Crippen molar-refractivity contribution in [3.05, 3.63) is 28.3 Å². The summed E-state index contributed by atoms with van der Waals surface area (Å²) in [5.41, 5.74) is 0. The van der Waals surface area contributed by atoms with Crippen molar-refractivity contribution in [3.63, 3.8) is 0 Å². The molecule has 0 saturated heterocycles. The van der Waals surface area contributed by atoms with Gasteiger partial charge < -0.3 is 9.52 Å². The summed E-state index contributed by atoms with van der Waals surface area (Å²) in [4.78, 5) is 1.22. The molecule has 6 heteroatoms. The van der Waals surface area contributed by atoms with Crippen molar-refractivity contribution >= 4 is 23.1 Å². The summed E-state index contributed by atoms with van der Waals surface area (Å²) < 4.78 is 5.47. The van der Waals surface area contributed by atoms with E-state index < -0.39 is 0 Å². The Bertz CT molecular complexity index is 414. The molecule has 0 radical (unpaired) electrons. The van der Waals surface area contributed by atoms with Gasteiger partial charge >= 0.3 is 0 Å². The Kier molecular flexibility index (Phi) is 4.38. The highest BCUT2D eigenvalue weighted by atomic mass is 32.2. The van der Waals surface area contributed by atoms with Crippen LogP contribution in [0.3, 0.4) is 0 Å². The summed E-state index contributed by atoms with van der Waals surface area (Å²) in [5.74, 6) is 1.45. The second-order valence-corrected chi connectivity index (χ2v) is 5.22. The first kappa shape index (κ1) is 11.6. The molecule has 0 aliphatic rings. The molecule has 0 spiro atoms. The van der Waals surface area contributed by atoms with Crippen LogP contribution in [-0.4, -0.2) is 27.7 Å². The highest BCUT2D eigenvalue weighted by Crippen LogP contribution is 2.19. The second-order valence-electron chi connectivity index (χ2n) is 3.14. The van der Waals surface area contributed by atoms with Gasteiger partial charge in [0.1, 0.15) is 0 Å². The predicted molar refractivity (Wildman–Crippen MR) is 63.8 cm³/mol. The zero-order chi connectivity index (χ0) is 11.2. The van der Waals surface area contributed by atoms with Gasteiger partial charge in [0, 0.05) is 17.2 Å². The number of aliphatic hydroxyl groups excluding tert-OH is 1. The van der Waals surface area contributed by atoms with Gasteiger partial charge in [-0.05, 0) is 17.9 Å². The maximum Gasteiger partial charge on any atom is 0.276 e. The number of aromatic nitrogens is 2. The van der Waals surface area contributed by atoms with Crippen molar-refractivity contribution < 1.29 is 9.52 Å². The molecule has 2 aromatic rings. The largest absolute Gasteiger partial charge is 0.416 e. The molecule has 0 bridgehead atoms.